The Hall–Kier alpha value is -2.11. The molecule has 2 rings (SSSR count). The molecule has 0 aliphatic rings. The molecule has 24 heavy (non-hydrogen) atoms. The third-order valence-electron chi connectivity index (χ3n) is 3.70. The summed E-state index contributed by atoms with van der Waals surface area (Å²) < 4.78 is 24.1. The zero-order valence-electron chi connectivity index (χ0n) is 14.3. The normalized spacial score (nSPS) is 11.4. The van der Waals surface area contributed by atoms with E-state index in [0.717, 1.165) is 11.1 Å². The molecule has 0 bridgehead atoms. The van der Waals surface area contributed by atoms with Crippen LogP contribution in [0.3, 0.4) is 0 Å². The van der Waals surface area contributed by atoms with Crippen LogP contribution in [0.1, 0.15) is 25.0 Å². The Balaban J connectivity index is 2.01. The zero-order chi connectivity index (χ0) is 17.6. The molecule has 0 radical (unpaired) electrons. The van der Waals surface area contributed by atoms with E-state index in [-0.39, 0.29) is 18.0 Å². The van der Waals surface area contributed by atoms with Crippen LogP contribution in [0, 0.1) is 5.82 Å². The van der Waals surface area contributed by atoms with Crippen LogP contribution >= 0.6 is 0 Å². The molecular formula is C19H24FNO3. The maximum atomic E-state index is 12.9. The van der Waals surface area contributed by atoms with E-state index in [4.69, 9.17) is 9.47 Å². The van der Waals surface area contributed by atoms with Crippen molar-refractivity contribution in [2.75, 3.05) is 13.7 Å². The minimum absolute atomic E-state index is 0.0585. The van der Waals surface area contributed by atoms with Gasteiger partial charge in [-0.25, -0.2) is 4.39 Å². The first kappa shape index (κ1) is 18.2. The lowest BCUT2D eigenvalue weighted by Crippen LogP contribution is -2.42. The maximum absolute atomic E-state index is 12.9. The fraction of sp³-hybridized carbons (Fsp3) is 0.368. The quantitative estimate of drug-likeness (QED) is 0.778. The average molecular weight is 333 g/mol. The minimum atomic E-state index is -0.342. The molecular weight excluding hydrogens is 309 g/mol. The van der Waals surface area contributed by atoms with Crippen LogP contribution in [0.2, 0.25) is 0 Å². The molecule has 130 valence electrons. The summed E-state index contributed by atoms with van der Waals surface area (Å²) in [6, 6.07) is 11.9. The number of ether oxygens (including phenoxy) is 2. The first-order chi connectivity index (χ1) is 11.4. The highest BCUT2D eigenvalue weighted by Gasteiger charge is 2.15. The molecule has 0 aliphatic heterocycles. The summed E-state index contributed by atoms with van der Waals surface area (Å²) in [5.41, 5.74) is 1.57. The second kappa shape index (κ2) is 8.13. The topological polar surface area (TPSA) is 50.7 Å². The minimum Gasteiger partial charge on any atom is -0.493 e. The van der Waals surface area contributed by atoms with Crippen molar-refractivity contribution in [2.24, 2.45) is 0 Å². The number of benzene rings is 2. The van der Waals surface area contributed by atoms with E-state index in [0.29, 0.717) is 24.7 Å². The van der Waals surface area contributed by atoms with Gasteiger partial charge in [0.05, 0.1) is 13.7 Å². The molecule has 0 amide bonds. The molecule has 2 aromatic rings. The molecule has 0 saturated carbocycles. The van der Waals surface area contributed by atoms with Crippen LogP contribution in [-0.4, -0.2) is 24.4 Å². The number of aliphatic hydroxyl groups excluding tert-OH is 1. The summed E-state index contributed by atoms with van der Waals surface area (Å²) in [4.78, 5) is 0. The monoisotopic (exact) mass is 333 g/mol. The van der Waals surface area contributed by atoms with Crippen molar-refractivity contribution in [3.8, 4) is 11.5 Å². The zero-order valence-corrected chi connectivity index (χ0v) is 14.3. The molecule has 2 aromatic carbocycles. The number of hydrogen-bond donors (Lipinski definition) is 2. The third kappa shape index (κ3) is 5.22. The Morgan fingerprint density at radius 1 is 1.04 bits per heavy atom. The molecule has 0 aromatic heterocycles. The number of halogens is 1. The van der Waals surface area contributed by atoms with Gasteiger partial charge in [0, 0.05) is 12.1 Å². The van der Waals surface area contributed by atoms with Gasteiger partial charge < -0.3 is 19.9 Å². The summed E-state index contributed by atoms with van der Waals surface area (Å²) in [5.74, 6) is 1.00. The summed E-state index contributed by atoms with van der Waals surface area (Å²) in [5, 5.41) is 12.6. The van der Waals surface area contributed by atoms with Crippen LogP contribution in [0.5, 0.6) is 11.5 Å². The second-order valence-corrected chi connectivity index (χ2v) is 6.30. The van der Waals surface area contributed by atoms with Gasteiger partial charge in [-0.05, 0) is 49.2 Å². The Morgan fingerprint density at radius 2 is 1.71 bits per heavy atom. The van der Waals surface area contributed by atoms with Crippen molar-refractivity contribution in [3.63, 3.8) is 0 Å². The average Bonchev–Trinajstić information content (AvgIpc) is 2.60. The molecule has 2 N–H and O–H groups in total. The van der Waals surface area contributed by atoms with Crippen molar-refractivity contribution >= 4 is 0 Å². The standard InChI is InChI=1S/C19H24FNO3/c1-19(2,13-22)21-11-15-6-9-17(18(10-15)23-3)24-12-14-4-7-16(20)8-5-14/h4-10,21-22H,11-13H2,1-3H3. The van der Waals surface area contributed by atoms with E-state index in [1.807, 2.05) is 32.0 Å². The third-order valence-corrected chi connectivity index (χ3v) is 3.70. The highest BCUT2D eigenvalue weighted by molar-refractivity contribution is 5.43. The lowest BCUT2D eigenvalue weighted by molar-refractivity contribution is 0.187. The van der Waals surface area contributed by atoms with Gasteiger partial charge in [0.25, 0.3) is 0 Å². The van der Waals surface area contributed by atoms with E-state index in [1.54, 1.807) is 19.2 Å². The maximum Gasteiger partial charge on any atom is 0.161 e. The van der Waals surface area contributed by atoms with E-state index in [9.17, 15) is 9.50 Å². The largest absolute Gasteiger partial charge is 0.493 e. The van der Waals surface area contributed by atoms with E-state index in [1.165, 1.54) is 12.1 Å². The lowest BCUT2D eigenvalue weighted by atomic mass is 10.1. The van der Waals surface area contributed by atoms with E-state index >= 15 is 0 Å². The van der Waals surface area contributed by atoms with Gasteiger partial charge in [-0.15, -0.1) is 0 Å². The second-order valence-electron chi connectivity index (χ2n) is 6.30. The number of aliphatic hydroxyl groups is 1. The predicted molar refractivity (Wildman–Crippen MR) is 91.7 cm³/mol. The fourth-order valence-electron chi connectivity index (χ4n) is 2.08. The smallest absolute Gasteiger partial charge is 0.161 e. The molecule has 0 aliphatic carbocycles. The Kier molecular flexibility index (Phi) is 6.17. The number of rotatable bonds is 8. The van der Waals surface area contributed by atoms with Crippen molar-refractivity contribution in [1.82, 2.24) is 5.32 Å². The SMILES string of the molecule is COc1cc(CNC(C)(C)CO)ccc1OCc1ccc(F)cc1. The van der Waals surface area contributed by atoms with Gasteiger partial charge >= 0.3 is 0 Å². The highest BCUT2D eigenvalue weighted by Crippen LogP contribution is 2.29. The summed E-state index contributed by atoms with van der Waals surface area (Å²) in [6.45, 7) is 4.88. The first-order valence-electron chi connectivity index (χ1n) is 7.83. The first-order valence-corrected chi connectivity index (χ1v) is 7.83. The number of methoxy groups -OCH3 is 1. The Morgan fingerprint density at radius 3 is 2.33 bits per heavy atom. The van der Waals surface area contributed by atoms with E-state index in [2.05, 4.69) is 5.32 Å². The summed E-state index contributed by atoms with van der Waals surface area (Å²) in [7, 11) is 1.59. The van der Waals surface area contributed by atoms with Gasteiger partial charge in [0.1, 0.15) is 12.4 Å². The van der Waals surface area contributed by atoms with Gasteiger partial charge in [0.15, 0.2) is 11.5 Å². The molecule has 5 heteroatoms. The molecule has 0 spiro atoms. The van der Waals surface area contributed by atoms with Gasteiger partial charge in [0.2, 0.25) is 0 Å². The number of hydrogen-bond acceptors (Lipinski definition) is 4. The fourth-order valence-corrected chi connectivity index (χ4v) is 2.08. The molecule has 0 heterocycles. The predicted octanol–water partition coefficient (Wildman–Crippen LogP) is 3.27. The van der Waals surface area contributed by atoms with Crippen molar-refractivity contribution in [1.29, 1.82) is 0 Å². The summed E-state index contributed by atoms with van der Waals surface area (Å²) >= 11 is 0. The summed E-state index contributed by atoms with van der Waals surface area (Å²) in [6.07, 6.45) is 0. The van der Waals surface area contributed by atoms with Gasteiger partial charge in [-0.3, -0.25) is 0 Å². The molecule has 0 saturated heterocycles. The van der Waals surface area contributed by atoms with Crippen LogP contribution < -0.4 is 14.8 Å². The van der Waals surface area contributed by atoms with Crippen LogP contribution in [-0.2, 0) is 13.2 Å². The van der Waals surface area contributed by atoms with Gasteiger partial charge in [-0.1, -0.05) is 18.2 Å². The molecule has 0 atom stereocenters. The van der Waals surface area contributed by atoms with Crippen LogP contribution in [0.4, 0.5) is 4.39 Å². The van der Waals surface area contributed by atoms with Gasteiger partial charge in [-0.2, -0.15) is 0 Å². The van der Waals surface area contributed by atoms with Crippen molar-refractivity contribution in [2.45, 2.75) is 32.5 Å². The van der Waals surface area contributed by atoms with Crippen LogP contribution in [0.25, 0.3) is 0 Å². The number of nitrogens with one attached hydrogen (secondary N) is 1. The molecule has 0 fully saturated rings. The Labute approximate surface area is 142 Å². The van der Waals surface area contributed by atoms with Crippen molar-refractivity contribution in [3.05, 3.63) is 59.4 Å². The molecule has 4 nitrogen and oxygen atoms in total. The highest BCUT2D eigenvalue weighted by atomic mass is 19.1. The Bertz CT molecular complexity index is 656. The van der Waals surface area contributed by atoms with E-state index < -0.39 is 0 Å². The lowest BCUT2D eigenvalue weighted by Gasteiger charge is -2.23. The van der Waals surface area contributed by atoms with Crippen molar-refractivity contribution < 1.29 is 19.0 Å². The van der Waals surface area contributed by atoms with Crippen LogP contribution in [0.15, 0.2) is 42.5 Å². The molecule has 0 unspecified atom stereocenters.